The molecule has 0 spiro atoms. The average molecular weight is 397 g/mol. The number of nitrogens with one attached hydrogen (secondary N) is 1. The SMILES string of the molecule is CCOc1ccc(NC(=O)/C(C#N)=C\N(Cc2ccccc2)c2ccccc2)cc1. The maximum Gasteiger partial charge on any atom is 0.267 e. The van der Waals surface area contributed by atoms with E-state index in [1.807, 2.05) is 78.6 Å². The molecule has 0 saturated carbocycles. The molecule has 3 rings (SSSR count). The van der Waals surface area contributed by atoms with Gasteiger partial charge in [-0.25, -0.2) is 0 Å². The number of benzene rings is 3. The Balaban J connectivity index is 1.82. The number of para-hydroxylation sites is 1. The molecule has 0 aliphatic carbocycles. The summed E-state index contributed by atoms with van der Waals surface area (Å²) >= 11 is 0. The van der Waals surface area contributed by atoms with Crippen LogP contribution in [0.25, 0.3) is 0 Å². The zero-order chi connectivity index (χ0) is 21.2. The van der Waals surface area contributed by atoms with Crippen LogP contribution < -0.4 is 15.0 Å². The molecule has 1 N–H and O–H groups in total. The molecule has 0 saturated heterocycles. The van der Waals surface area contributed by atoms with Gasteiger partial charge in [-0.2, -0.15) is 5.26 Å². The van der Waals surface area contributed by atoms with Gasteiger partial charge in [-0.1, -0.05) is 48.5 Å². The summed E-state index contributed by atoms with van der Waals surface area (Å²) in [4.78, 5) is 14.6. The second-order valence-corrected chi connectivity index (χ2v) is 6.52. The summed E-state index contributed by atoms with van der Waals surface area (Å²) in [5.41, 5.74) is 2.58. The number of rotatable bonds is 8. The van der Waals surface area contributed by atoms with Gasteiger partial charge in [0.05, 0.1) is 6.61 Å². The van der Waals surface area contributed by atoms with Crippen LogP contribution in [0.2, 0.25) is 0 Å². The largest absolute Gasteiger partial charge is 0.494 e. The monoisotopic (exact) mass is 397 g/mol. The Bertz CT molecular complexity index is 1020. The highest BCUT2D eigenvalue weighted by atomic mass is 16.5. The van der Waals surface area contributed by atoms with Crippen molar-refractivity contribution in [3.63, 3.8) is 0 Å². The number of nitriles is 1. The first-order valence-corrected chi connectivity index (χ1v) is 9.71. The minimum absolute atomic E-state index is 0.0173. The van der Waals surface area contributed by atoms with Crippen molar-refractivity contribution in [3.05, 3.63) is 102 Å². The molecule has 3 aromatic carbocycles. The quantitative estimate of drug-likeness (QED) is 0.422. The van der Waals surface area contributed by atoms with Crippen LogP contribution in [0.15, 0.2) is 96.7 Å². The summed E-state index contributed by atoms with van der Waals surface area (Å²) in [5.74, 6) is 0.264. The minimum Gasteiger partial charge on any atom is -0.494 e. The smallest absolute Gasteiger partial charge is 0.267 e. The van der Waals surface area contributed by atoms with Gasteiger partial charge in [0, 0.05) is 24.1 Å². The number of anilines is 2. The van der Waals surface area contributed by atoms with Gasteiger partial charge in [0.15, 0.2) is 0 Å². The lowest BCUT2D eigenvalue weighted by molar-refractivity contribution is -0.112. The Hall–Kier alpha value is -4.04. The predicted octanol–water partition coefficient (Wildman–Crippen LogP) is 5.14. The highest BCUT2D eigenvalue weighted by Gasteiger charge is 2.13. The molecule has 0 fully saturated rings. The van der Waals surface area contributed by atoms with E-state index in [2.05, 4.69) is 5.32 Å². The normalized spacial score (nSPS) is 10.7. The Morgan fingerprint density at radius 3 is 2.23 bits per heavy atom. The maximum atomic E-state index is 12.7. The molecule has 0 aromatic heterocycles. The number of nitrogens with zero attached hydrogens (tertiary/aromatic N) is 2. The third-order valence-corrected chi connectivity index (χ3v) is 4.36. The van der Waals surface area contributed by atoms with E-state index in [0.717, 1.165) is 17.0 Å². The van der Waals surface area contributed by atoms with Gasteiger partial charge in [0.25, 0.3) is 5.91 Å². The topological polar surface area (TPSA) is 65.4 Å². The van der Waals surface area contributed by atoms with E-state index in [-0.39, 0.29) is 5.57 Å². The van der Waals surface area contributed by atoms with Gasteiger partial charge in [0.1, 0.15) is 17.4 Å². The third-order valence-electron chi connectivity index (χ3n) is 4.36. The van der Waals surface area contributed by atoms with Crippen molar-refractivity contribution in [1.82, 2.24) is 0 Å². The standard InChI is InChI=1S/C25H23N3O2/c1-2-30-24-15-13-22(14-16-24)27-25(29)21(17-26)19-28(23-11-7-4-8-12-23)18-20-9-5-3-6-10-20/h3-16,19H,2,18H2,1H3,(H,27,29)/b21-19-. The lowest BCUT2D eigenvalue weighted by Crippen LogP contribution is -2.20. The number of carbonyl (C=O) groups is 1. The van der Waals surface area contributed by atoms with Crippen LogP contribution in [-0.4, -0.2) is 12.5 Å². The molecule has 0 aliphatic rings. The van der Waals surface area contributed by atoms with Crippen LogP contribution in [0, 0.1) is 11.3 Å². The fraction of sp³-hybridized carbons (Fsp3) is 0.120. The Morgan fingerprint density at radius 1 is 1.00 bits per heavy atom. The molecule has 30 heavy (non-hydrogen) atoms. The summed E-state index contributed by atoms with van der Waals surface area (Å²) in [6.07, 6.45) is 1.59. The average Bonchev–Trinajstić information content (AvgIpc) is 2.79. The molecular formula is C25H23N3O2. The summed E-state index contributed by atoms with van der Waals surface area (Å²) in [5, 5.41) is 12.4. The summed E-state index contributed by atoms with van der Waals surface area (Å²) in [7, 11) is 0. The van der Waals surface area contributed by atoms with Crippen LogP contribution in [0.5, 0.6) is 5.75 Å². The van der Waals surface area contributed by atoms with E-state index in [4.69, 9.17) is 4.74 Å². The van der Waals surface area contributed by atoms with E-state index in [1.165, 1.54) is 0 Å². The van der Waals surface area contributed by atoms with Gasteiger partial charge < -0.3 is 15.0 Å². The zero-order valence-corrected chi connectivity index (χ0v) is 16.8. The highest BCUT2D eigenvalue weighted by Crippen LogP contribution is 2.20. The first kappa shape index (κ1) is 20.7. The number of carbonyl (C=O) groups excluding carboxylic acids is 1. The van der Waals surface area contributed by atoms with Gasteiger partial charge in [-0.3, -0.25) is 4.79 Å². The van der Waals surface area contributed by atoms with Crippen LogP contribution in [0.1, 0.15) is 12.5 Å². The molecule has 5 nitrogen and oxygen atoms in total. The fourth-order valence-corrected chi connectivity index (χ4v) is 2.90. The van der Waals surface area contributed by atoms with Gasteiger partial charge in [0.2, 0.25) is 0 Å². The molecular weight excluding hydrogens is 374 g/mol. The van der Waals surface area contributed by atoms with Gasteiger partial charge >= 0.3 is 0 Å². The highest BCUT2D eigenvalue weighted by molar-refractivity contribution is 6.06. The van der Waals surface area contributed by atoms with E-state index in [1.54, 1.807) is 30.5 Å². The molecule has 3 aromatic rings. The van der Waals surface area contributed by atoms with E-state index < -0.39 is 5.91 Å². The van der Waals surface area contributed by atoms with Crippen molar-refractivity contribution < 1.29 is 9.53 Å². The molecule has 0 radical (unpaired) electrons. The number of ether oxygens (including phenoxy) is 1. The van der Waals surface area contributed by atoms with E-state index in [9.17, 15) is 10.1 Å². The number of hydrogen-bond acceptors (Lipinski definition) is 4. The van der Waals surface area contributed by atoms with Crippen molar-refractivity contribution in [2.75, 3.05) is 16.8 Å². The molecule has 5 heteroatoms. The Labute approximate surface area is 176 Å². The molecule has 0 aliphatic heterocycles. The van der Waals surface area contributed by atoms with Crippen molar-refractivity contribution >= 4 is 17.3 Å². The van der Waals surface area contributed by atoms with Crippen LogP contribution >= 0.6 is 0 Å². The number of amides is 1. The van der Waals surface area contributed by atoms with Gasteiger partial charge in [-0.05, 0) is 48.9 Å². The minimum atomic E-state index is -0.462. The summed E-state index contributed by atoms with van der Waals surface area (Å²) < 4.78 is 5.41. The molecule has 0 heterocycles. The second-order valence-electron chi connectivity index (χ2n) is 6.52. The van der Waals surface area contributed by atoms with Crippen molar-refractivity contribution in [2.45, 2.75) is 13.5 Å². The van der Waals surface area contributed by atoms with Crippen molar-refractivity contribution in [2.24, 2.45) is 0 Å². The molecule has 0 bridgehead atoms. The second kappa shape index (κ2) is 10.5. The summed E-state index contributed by atoms with van der Waals surface area (Å²) in [6, 6.07) is 28.6. The molecule has 0 atom stereocenters. The van der Waals surface area contributed by atoms with Gasteiger partial charge in [-0.15, -0.1) is 0 Å². The summed E-state index contributed by atoms with van der Waals surface area (Å²) in [6.45, 7) is 3.02. The van der Waals surface area contributed by atoms with Crippen molar-refractivity contribution in [1.29, 1.82) is 5.26 Å². The predicted molar refractivity (Wildman–Crippen MR) is 119 cm³/mol. The first-order chi connectivity index (χ1) is 14.7. The molecule has 0 unspecified atom stereocenters. The molecule has 1 amide bonds. The third kappa shape index (κ3) is 5.73. The Kier molecular flexibility index (Phi) is 7.23. The van der Waals surface area contributed by atoms with Crippen LogP contribution in [0.4, 0.5) is 11.4 Å². The first-order valence-electron chi connectivity index (χ1n) is 9.71. The number of hydrogen-bond donors (Lipinski definition) is 1. The van der Waals surface area contributed by atoms with Crippen LogP contribution in [0.3, 0.4) is 0 Å². The van der Waals surface area contributed by atoms with E-state index in [0.29, 0.717) is 18.8 Å². The zero-order valence-electron chi connectivity index (χ0n) is 16.8. The maximum absolute atomic E-state index is 12.7. The van der Waals surface area contributed by atoms with E-state index >= 15 is 0 Å². The lowest BCUT2D eigenvalue weighted by atomic mass is 10.2. The fourth-order valence-electron chi connectivity index (χ4n) is 2.90. The Morgan fingerprint density at radius 2 is 1.63 bits per heavy atom. The van der Waals surface area contributed by atoms with Crippen LogP contribution in [-0.2, 0) is 11.3 Å². The lowest BCUT2D eigenvalue weighted by Gasteiger charge is -2.21. The van der Waals surface area contributed by atoms with Crippen molar-refractivity contribution in [3.8, 4) is 11.8 Å². The molecule has 150 valence electrons.